The second-order valence-corrected chi connectivity index (χ2v) is 4.32. The summed E-state index contributed by atoms with van der Waals surface area (Å²) in [5, 5.41) is 9.64. The first-order chi connectivity index (χ1) is 7.63. The van der Waals surface area contributed by atoms with Crippen molar-refractivity contribution in [3.8, 4) is 0 Å². The molecule has 1 atom stereocenters. The number of benzene rings is 1. The maximum atomic E-state index is 11.5. The maximum absolute atomic E-state index is 11.5. The molecule has 1 unspecified atom stereocenters. The summed E-state index contributed by atoms with van der Waals surface area (Å²) in [6, 6.07) is 5.63. The topological polar surface area (TPSA) is 40.5 Å². The highest BCUT2D eigenvalue weighted by molar-refractivity contribution is 6.18. The van der Waals surface area contributed by atoms with Crippen molar-refractivity contribution in [3.05, 3.63) is 29.3 Å². The lowest BCUT2D eigenvalue weighted by Crippen LogP contribution is -2.31. The van der Waals surface area contributed by atoms with Gasteiger partial charge in [0.1, 0.15) is 0 Å². The summed E-state index contributed by atoms with van der Waals surface area (Å²) < 4.78 is 0. The van der Waals surface area contributed by atoms with Gasteiger partial charge in [-0.05, 0) is 23.6 Å². The minimum absolute atomic E-state index is 0.137. The molecule has 0 spiro atoms. The molecule has 0 radical (unpaired) electrons. The van der Waals surface area contributed by atoms with Crippen molar-refractivity contribution in [3.63, 3.8) is 0 Å². The van der Waals surface area contributed by atoms with Crippen LogP contribution in [-0.4, -0.2) is 23.9 Å². The van der Waals surface area contributed by atoms with Crippen LogP contribution in [0.1, 0.15) is 23.7 Å². The summed E-state index contributed by atoms with van der Waals surface area (Å²) >= 11 is 5.61. The molecule has 0 saturated heterocycles. The van der Waals surface area contributed by atoms with Crippen molar-refractivity contribution in [1.82, 2.24) is 0 Å². The average molecular weight is 240 g/mol. The number of aliphatic hydroxyl groups is 1. The van der Waals surface area contributed by atoms with Gasteiger partial charge >= 0.3 is 0 Å². The first kappa shape index (κ1) is 11.4. The summed E-state index contributed by atoms with van der Waals surface area (Å²) in [4.78, 5) is 13.1. The lowest BCUT2D eigenvalue weighted by molar-refractivity contribution is -0.118. The molecule has 1 N–H and O–H groups in total. The summed E-state index contributed by atoms with van der Waals surface area (Å²) in [5.74, 6) is 0.325. The van der Waals surface area contributed by atoms with E-state index in [2.05, 4.69) is 0 Å². The van der Waals surface area contributed by atoms with Gasteiger partial charge in [0.15, 0.2) is 0 Å². The van der Waals surface area contributed by atoms with E-state index in [0.29, 0.717) is 6.42 Å². The third-order valence-corrected chi connectivity index (χ3v) is 3.27. The van der Waals surface area contributed by atoms with Gasteiger partial charge in [-0.1, -0.05) is 12.1 Å². The number of nitrogens with zero attached hydrogens (tertiary/aromatic N) is 1. The number of amides is 1. The van der Waals surface area contributed by atoms with Gasteiger partial charge in [-0.2, -0.15) is 0 Å². The van der Waals surface area contributed by atoms with Crippen LogP contribution < -0.4 is 4.90 Å². The average Bonchev–Trinajstić information content (AvgIpc) is 2.32. The molecular formula is C12H14ClNO2. The zero-order valence-corrected chi connectivity index (χ0v) is 9.87. The van der Waals surface area contributed by atoms with Gasteiger partial charge in [0.2, 0.25) is 5.91 Å². The lowest BCUT2D eigenvalue weighted by Gasteiger charge is -2.26. The number of carbonyl (C=O) groups excluding carboxylic acids is 1. The highest BCUT2D eigenvalue weighted by atomic mass is 35.5. The molecule has 1 aliphatic rings. The highest BCUT2D eigenvalue weighted by Gasteiger charge is 2.21. The minimum atomic E-state index is -0.630. The van der Waals surface area contributed by atoms with E-state index in [4.69, 9.17) is 11.6 Å². The van der Waals surface area contributed by atoms with Crippen LogP contribution in [0.15, 0.2) is 18.2 Å². The Bertz CT molecular complexity index is 419. The monoisotopic (exact) mass is 239 g/mol. The van der Waals surface area contributed by atoms with Crippen LogP contribution >= 0.6 is 11.6 Å². The fourth-order valence-corrected chi connectivity index (χ4v) is 2.15. The molecule has 1 aliphatic heterocycles. The van der Waals surface area contributed by atoms with Crippen LogP contribution in [0.2, 0.25) is 0 Å². The Morgan fingerprint density at radius 2 is 2.25 bits per heavy atom. The molecule has 0 fully saturated rings. The molecule has 3 nitrogen and oxygen atoms in total. The Balaban J connectivity index is 2.37. The summed E-state index contributed by atoms with van der Waals surface area (Å²) in [5.41, 5.74) is 2.85. The van der Waals surface area contributed by atoms with Crippen molar-refractivity contribution in [1.29, 1.82) is 0 Å². The zero-order valence-electron chi connectivity index (χ0n) is 9.11. The minimum Gasteiger partial charge on any atom is -0.387 e. The predicted octanol–water partition coefficient (Wildman–Crippen LogP) is 1.87. The van der Waals surface area contributed by atoms with E-state index < -0.39 is 6.10 Å². The first-order valence-corrected chi connectivity index (χ1v) is 5.80. The molecule has 1 aromatic carbocycles. The van der Waals surface area contributed by atoms with E-state index in [-0.39, 0.29) is 11.8 Å². The smallest absolute Gasteiger partial charge is 0.227 e. The van der Waals surface area contributed by atoms with Crippen molar-refractivity contribution in [2.24, 2.45) is 0 Å². The van der Waals surface area contributed by atoms with Gasteiger partial charge in [-0.15, -0.1) is 11.6 Å². The molecule has 2 rings (SSSR count). The van der Waals surface area contributed by atoms with Crippen LogP contribution in [0.5, 0.6) is 0 Å². The molecule has 1 aromatic rings. The maximum Gasteiger partial charge on any atom is 0.227 e. The van der Waals surface area contributed by atoms with E-state index >= 15 is 0 Å². The number of hydrogen-bond acceptors (Lipinski definition) is 2. The number of aliphatic hydroxyl groups excluding tert-OH is 1. The highest BCUT2D eigenvalue weighted by Crippen LogP contribution is 2.29. The third-order valence-electron chi connectivity index (χ3n) is 2.98. The van der Waals surface area contributed by atoms with Gasteiger partial charge < -0.3 is 10.0 Å². The summed E-state index contributed by atoms with van der Waals surface area (Å²) in [6.07, 6.45) is 0.639. The largest absolute Gasteiger partial charge is 0.387 e. The Kier molecular flexibility index (Phi) is 3.17. The number of anilines is 1. The number of fused-ring (bicyclic) bond motifs is 1. The Hall–Kier alpha value is -1.06. The van der Waals surface area contributed by atoms with E-state index in [1.807, 2.05) is 18.2 Å². The molecule has 1 heterocycles. The summed E-state index contributed by atoms with van der Waals surface area (Å²) in [6.45, 7) is 0. The molecule has 0 saturated carbocycles. The number of rotatable bonds is 2. The van der Waals surface area contributed by atoms with E-state index in [0.717, 1.165) is 23.2 Å². The van der Waals surface area contributed by atoms with Crippen molar-refractivity contribution in [2.75, 3.05) is 17.8 Å². The number of aryl methyl sites for hydroxylation is 1. The van der Waals surface area contributed by atoms with Crippen molar-refractivity contribution >= 4 is 23.2 Å². The fraction of sp³-hybridized carbons (Fsp3) is 0.417. The lowest BCUT2D eigenvalue weighted by atomic mass is 9.97. The molecule has 0 bridgehead atoms. The van der Waals surface area contributed by atoms with Crippen molar-refractivity contribution < 1.29 is 9.90 Å². The number of carbonyl (C=O) groups is 1. The predicted molar refractivity (Wildman–Crippen MR) is 63.9 cm³/mol. The van der Waals surface area contributed by atoms with E-state index in [1.54, 1.807) is 11.9 Å². The van der Waals surface area contributed by atoms with Crippen LogP contribution in [0.25, 0.3) is 0 Å². The zero-order chi connectivity index (χ0) is 11.7. The molecular weight excluding hydrogens is 226 g/mol. The molecule has 16 heavy (non-hydrogen) atoms. The molecule has 1 amide bonds. The van der Waals surface area contributed by atoms with Crippen LogP contribution in [0.4, 0.5) is 5.69 Å². The van der Waals surface area contributed by atoms with Crippen molar-refractivity contribution in [2.45, 2.75) is 18.9 Å². The SMILES string of the molecule is CN1C(=O)CCc2cc(C(O)CCl)ccc21. The van der Waals surface area contributed by atoms with Gasteiger partial charge in [-0.25, -0.2) is 0 Å². The standard InChI is InChI=1S/C12H14ClNO2/c1-14-10-4-2-9(11(15)7-13)6-8(10)3-5-12(14)16/h2,4,6,11,15H,3,5,7H2,1H3. The van der Waals surface area contributed by atoms with E-state index in [9.17, 15) is 9.90 Å². The van der Waals surface area contributed by atoms with Crippen LogP contribution in [-0.2, 0) is 11.2 Å². The molecule has 0 aromatic heterocycles. The van der Waals surface area contributed by atoms with Gasteiger partial charge in [0.05, 0.1) is 12.0 Å². The Morgan fingerprint density at radius 1 is 1.50 bits per heavy atom. The van der Waals surface area contributed by atoms with Gasteiger partial charge in [-0.3, -0.25) is 4.79 Å². The second-order valence-electron chi connectivity index (χ2n) is 4.01. The van der Waals surface area contributed by atoms with Gasteiger partial charge in [0, 0.05) is 19.2 Å². The number of hydrogen-bond donors (Lipinski definition) is 1. The number of halogens is 1. The Morgan fingerprint density at radius 3 is 2.94 bits per heavy atom. The summed E-state index contributed by atoms with van der Waals surface area (Å²) in [7, 11) is 1.78. The molecule has 4 heteroatoms. The third kappa shape index (κ3) is 1.93. The van der Waals surface area contributed by atoms with Crippen LogP contribution in [0.3, 0.4) is 0 Å². The normalized spacial score (nSPS) is 17.2. The first-order valence-electron chi connectivity index (χ1n) is 5.27. The molecule has 86 valence electrons. The van der Waals surface area contributed by atoms with E-state index in [1.165, 1.54) is 0 Å². The fourth-order valence-electron chi connectivity index (χ4n) is 1.97. The quantitative estimate of drug-likeness (QED) is 0.801. The van der Waals surface area contributed by atoms with Crippen LogP contribution in [0, 0.1) is 0 Å². The molecule has 0 aliphatic carbocycles. The Labute approximate surface area is 99.6 Å². The second kappa shape index (κ2) is 4.44. The number of alkyl halides is 1. The van der Waals surface area contributed by atoms with Gasteiger partial charge in [0.25, 0.3) is 0 Å².